The van der Waals surface area contributed by atoms with Gasteiger partial charge >= 0.3 is 11.9 Å². The van der Waals surface area contributed by atoms with E-state index in [0.717, 1.165) is 6.42 Å². The summed E-state index contributed by atoms with van der Waals surface area (Å²) in [6.45, 7) is 5.31. The van der Waals surface area contributed by atoms with Gasteiger partial charge in [-0.3, -0.25) is 4.79 Å². The summed E-state index contributed by atoms with van der Waals surface area (Å²) in [7, 11) is 0. The van der Waals surface area contributed by atoms with Gasteiger partial charge in [0.15, 0.2) is 11.9 Å². The Labute approximate surface area is 122 Å². The number of H-pyrrole nitrogens is 1. The Morgan fingerprint density at radius 1 is 1.29 bits per heavy atom. The zero-order chi connectivity index (χ0) is 15.6. The summed E-state index contributed by atoms with van der Waals surface area (Å²) in [6.07, 6.45) is 1.11. The van der Waals surface area contributed by atoms with Crippen LogP contribution in [0.5, 0.6) is 0 Å². The highest BCUT2D eigenvalue weighted by Crippen LogP contribution is 2.23. The molecule has 21 heavy (non-hydrogen) atoms. The van der Waals surface area contributed by atoms with Crippen LogP contribution in [0.15, 0.2) is 0 Å². The van der Waals surface area contributed by atoms with Crippen molar-refractivity contribution >= 4 is 17.7 Å². The predicted molar refractivity (Wildman–Crippen MR) is 74.3 cm³/mol. The topological polar surface area (TPSA) is 85.5 Å². The number of carbonyl (C=O) groups excluding carboxylic acids is 3. The first kappa shape index (κ1) is 15.3. The van der Waals surface area contributed by atoms with Crippen molar-refractivity contribution in [2.45, 2.75) is 46.1 Å². The standard InChI is InChI=1S/C15H19NO5/c1-4-20-15(19)13-8(2)12(9(3)16-13)14(18)21-11-7-5-6-10(11)17/h11,16H,4-7H2,1-3H3/t11-/m0/s1. The summed E-state index contributed by atoms with van der Waals surface area (Å²) >= 11 is 0. The fourth-order valence-corrected chi connectivity index (χ4v) is 2.56. The molecule has 0 aliphatic heterocycles. The van der Waals surface area contributed by atoms with E-state index in [2.05, 4.69) is 4.98 Å². The van der Waals surface area contributed by atoms with E-state index < -0.39 is 18.0 Å². The molecule has 1 heterocycles. The fourth-order valence-electron chi connectivity index (χ4n) is 2.56. The highest BCUT2D eigenvalue weighted by atomic mass is 16.5. The summed E-state index contributed by atoms with van der Waals surface area (Å²) < 4.78 is 10.2. The fraction of sp³-hybridized carbons (Fsp3) is 0.533. The lowest BCUT2D eigenvalue weighted by molar-refractivity contribution is -0.124. The molecule has 0 spiro atoms. The molecule has 1 aromatic heterocycles. The molecule has 6 nitrogen and oxygen atoms in total. The smallest absolute Gasteiger partial charge is 0.355 e. The molecule has 1 aromatic rings. The van der Waals surface area contributed by atoms with Crippen LogP contribution in [0.4, 0.5) is 0 Å². The van der Waals surface area contributed by atoms with Gasteiger partial charge in [0.1, 0.15) is 5.69 Å². The van der Waals surface area contributed by atoms with E-state index in [-0.39, 0.29) is 18.1 Å². The zero-order valence-corrected chi connectivity index (χ0v) is 12.4. The summed E-state index contributed by atoms with van der Waals surface area (Å²) in [5.74, 6) is -1.12. The van der Waals surface area contributed by atoms with Crippen LogP contribution in [0.1, 0.15) is 58.3 Å². The second-order valence-corrected chi connectivity index (χ2v) is 5.10. The normalized spacial score (nSPS) is 17.9. The minimum atomic E-state index is -0.655. The van der Waals surface area contributed by atoms with Crippen LogP contribution in [-0.4, -0.2) is 35.4 Å². The molecule has 1 N–H and O–H groups in total. The summed E-state index contributed by atoms with van der Waals surface area (Å²) in [5, 5.41) is 0. The average molecular weight is 293 g/mol. The number of hydrogen-bond donors (Lipinski definition) is 1. The first-order valence-electron chi connectivity index (χ1n) is 7.05. The van der Waals surface area contributed by atoms with Crippen LogP contribution in [-0.2, 0) is 14.3 Å². The Morgan fingerprint density at radius 3 is 2.57 bits per heavy atom. The van der Waals surface area contributed by atoms with Crippen LogP contribution >= 0.6 is 0 Å². The van der Waals surface area contributed by atoms with Crippen molar-refractivity contribution in [3.05, 3.63) is 22.5 Å². The maximum Gasteiger partial charge on any atom is 0.355 e. The first-order chi connectivity index (χ1) is 9.95. The first-order valence-corrected chi connectivity index (χ1v) is 7.05. The monoisotopic (exact) mass is 293 g/mol. The molecule has 0 bridgehead atoms. The third-order valence-corrected chi connectivity index (χ3v) is 3.62. The molecule has 0 radical (unpaired) electrons. The van der Waals surface area contributed by atoms with E-state index in [4.69, 9.17) is 9.47 Å². The van der Waals surface area contributed by atoms with Crippen LogP contribution in [0, 0.1) is 13.8 Å². The van der Waals surface area contributed by atoms with Crippen LogP contribution in [0.25, 0.3) is 0 Å². The second kappa shape index (κ2) is 6.11. The van der Waals surface area contributed by atoms with Crippen molar-refractivity contribution in [3.63, 3.8) is 0 Å². The van der Waals surface area contributed by atoms with Gasteiger partial charge in [0.05, 0.1) is 12.2 Å². The van der Waals surface area contributed by atoms with E-state index in [0.29, 0.717) is 29.7 Å². The van der Waals surface area contributed by atoms with Gasteiger partial charge in [0, 0.05) is 12.1 Å². The SMILES string of the molecule is CCOC(=O)c1[nH]c(C)c(C(=O)O[C@H]2CCCC2=O)c1C. The number of ether oxygens (including phenoxy) is 2. The Morgan fingerprint density at radius 2 is 2.00 bits per heavy atom. The number of esters is 2. The molecule has 2 rings (SSSR count). The number of ketones is 1. The molecule has 0 unspecified atom stereocenters. The summed E-state index contributed by atoms with van der Waals surface area (Å²) in [5.41, 5.74) is 1.57. The molecular weight excluding hydrogens is 274 g/mol. The van der Waals surface area contributed by atoms with Crippen molar-refractivity contribution in [2.75, 3.05) is 6.61 Å². The molecule has 1 saturated carbocycles. The van der Waals surface area contributed by atoms with Crippen molar-refractivity contribution in [2.24, 2.45) is 0 Å². The number of aryl methyl sites for hydroxylation is 1. The highest BCUT2D eigenvalue weighted by Gasteiger charge is 2.31. The van der Waals surface area contributed by atoms with Gasteiger partial charge in [-0.25, -0.2) is 9.59 Å². The third kappa shape index (κ3) is 2.99. The van der Waals surface area contributed by atoms with E-state index in [1.165, 1.54) is 0 Å². The van der Waals surface area contributed by atoms with Gasteiger partial charge in [-0.05, 0) is 39.2 Å². The van der Waals surface area contributed by atoms with E-state index in [1.807, 2.05) is 0 Å². The minimum absolute atomic E-state index is 0.0418. The predicted octanol–water partition coefficient (Wildman–Crippen LogP) is 2.09. The lowest BCUT2D eigenvalue weighted by Gasteiger charge is -2.10. The van der Waals surface area contributed by atoms with Crippen LogP contribution in [0.2, 0.25) is 0 Å². The quantitative estimate of drug-likeness (QED) is 0.859. The van der Waals surface area contributed by atoms with Gasteiger partial charge in [0.25, 0.3) is 0 Å². The minimum Gasteiger partial charge on any atom is -0.461 e. The Bertz CT molecular complexity index is 587. The van der Waals surface area contributed by atoms with Gasteiger partial charge < -0.3 is 14.5 Å². The van der Waals surface area contributed by atoms with Crippen LogP contribution in [0.3, 0.4) is 0 Å². The lowest BCUT2D eigenvalue weighted by atomic mass is 10.1. The number of aromatic nitrogens is 1. The Hall–Kier alpha value is -2.11. The molecule has 1 fully saturated rings. The number of nitrogens with one attached hydrogen (secondary N) is 1. The number of carbonyl (C=O) groups is 3. The molecule has 0 saturated heterocycles. The second-order valence-electron chi connectivity index (χ2n) is 5.10. The Balaban J connectivity index is 2.21. The van der Waals surface area contributed by atoms with Gasteiger partial charge in [-0.1, -0.05) is 0 Å². The zero-order valence-electron chi connectivity index (χ0n) is 12.4. The van der Waals surface area contributed by atoms with Gasteiger partial charge in [0.2, 0.25) is 0 Å². The van der Waals surface area contributed by atoms with Gasteiger partial charge in [-0.15, -0.1) is 0 Å². The van der Waals surface area contributed by atoms with E-state index in [1.54, 1.807) is 20.8 Å². The van der Waals surface area contributed by atoms with Crippen molar-refractivity contribution in [3.8, 4) is 0 Å². The molecule has 0 amide bonds. The Kier molecular flexibility index (Phi) is 4.45. The highest BCUT2D eigenvalue weighted by molar-refractivity contribution is 5.99. The molecule has 1 aliphatic carbocycles. The average Bonchev–Trinajstić information content (AvgIpc) is 2.94. The van der Waals surface area contributed by atoms with Crippen molar-refractivity contribution < 1.29 is 23.9 Å². The summed E-state index contributed by atoms with van der Waals surface area (Å²) in [6, 6.07) is 0. The van der Waals surface area contributed by atoms with Crippen LogP contribution < -0.4 is 0 Å². The maximum absolute atomic E-state index is 12.2. The molecule has 1 atom stereocenters. The maximum atomic E-state index is 12.2. The number of Topliss-reactive ketones (excluding diaryl/α,β-unsaturated/α-hetero) is 1. The molecule has 1 aliphatic rings. The van der Waals surface area contributed by atoms with Crippen molar-refractivity contribution in [1.29, 1.82) is 0 Å². The lowest BCUT2D eigenvalue weighted by Crippen LogP contribution is -2.22. The molecule has 114 valence electrons. The molecule has 0 aromatic carbocycles. The number of hydrogen-bond acceptors (Lipinski definition) is 5. The number of rotatable bonds is 4. The van der Waals surface area contributed by atoms with E-state index >= 15 is 0 Å². The van der Waals surface area contributed by atoms with E-state index in [9.17, 15) is 14.4 Å². The van der Waals surface area contributed by atoms with Gasteiger partial charge in [-0.2, -0.15) is 0 Å². The summed E-state index contributed by atoms with van der Waals surface area (Å²) in [4.78, 5) is 38.4. The molecular formula is C15H19NO5. The molecule has 6 heteroatoms. The third-order valence-electron chi connectivity index (χ3n) is 3.62. The number of aromatic amines is 1. The van der Waals surface area contributed by atoms with Crippen molar-refractivity contribution in [1.82, 2.24) is 4.98 Å². The largest absolute Gasteiger partial charge is 0.461 e.